The Bertz CT molecular complexity index is 811. The van der Waals surface area contributed by atoms with Gasteiger partial charge in [-0.1, -0.05) is 24.6 Å². The van der Waals surface area contributed by atoms with E-state index in [1.54, 1.807) is 29.3 Å². The molecule has 0 atom stereocenters. The van der Waals surface area contributed by atoms with Crippen molar-refractivity contribution in [3.63, 3.8) is 0 Å². The van der Waals surface area contributed by atoms with Gasteiger partial charge in [0.25, 0.3) is 5.91 Å². The summed E-state index contributed by atoms with van der Waals surface area (Å²) in [5.41, 5.74) is 6.20. The van der Waals surface area contributed by atoms with Crippen LogP contribution in [0.1, 0.15) is 23.0 Å². The standard InChI is InChI=1S/C16H16ClN5O2/c1-2-10-11(17)6-7-19-15(10)22-9-8-21(16(22)24)13-5-3-4-12(20-13)14(18)23/h3-7H,2,8-9H2,1H3,(H2,18,23). The predicted molar refractivity (Wildman–Crippen MR) is 91.5 cm³/mol. The number of pyridine rings is 2. The lowest BCUT2D eigenvalue weighted by molar-refractivity contribution is 0.0995. The molecule has 0 saturated carbocycles. The molecule has 1 aliphatic rings. The molecular formula is C16H16ClN5O2. The fraction of sp³-hybridized carbons (Fsp3) is 0.250. The molecular weight excluding hydrogens is 330 g/mol. The predicted octanol–water partition coefficient (Wildman–Crippen LogP) is 2.24. The molecule has 7 nitrogen and oxygen atoms in total. The Morgan fingerprint density at radius 3 is 2.75 bits per heavy atom. The molecule has 0 spiro atoms. The number of carbonyl (C=O) groups excluding carboxylic acids is 2. The highest BCUT2D eigenvalue weighted by Crippen LogP contribution is 2.29. The molecule has 0 unspecified atom stereocenters. The Kier molecular flexibility index (Phi) is 4.35. The van der Waals surface area contributed by atoms with Gasteiger partial charge in [-0.05, 0) is 24.6 Å². The number of rotatable bonds is 4. The summed E-state index contributed by atoms with van der Waals surface area (Å²) in [5, 5.41) is 0.586. The van der Waals surface area contributed by atoms with Crippen molar-refractivity contribution in [2.24, 2.45) is 5.73 Å². The highest BCUT2D eigenvalue weighted by atomic mass is 35.5. The molecule has 0 aliphatic carbocycles. The number of amides is 3. The van der Waals surface area contributed by atoms with Gasteiger partial charge in [0.1, 0.15) is 17.3 Å². The quantitative estimate of drug-likeness (QED) is 0.919. The lowest BCUT2D eigenvalue weighted by Crippen LogP contribution is -2.33. The SMILES string of the molecule is CCc1c(Cl)ccnc1N1CCN(c2cccc(C(N)=O)n2)C1=O. The smallest absolute Gasteiger partial charge is 0.331 e. The molecule has 3 rings (SSSR count). The van der Waals surface area contributed by atoms with Crippen LogP contribution >= 0.6 is 11.6 Å². The van der Waals surface area contributed by atoms with Gasteiger partial charge in [-0.3, -0.25) is 14.6 Å². The van der Waals surface area contributed by atoms with E-state index in [0.29, 0.717) is 36.2 Å². The van der Waals surface area contributed by atoms with E-state index < -0.39 is 5.91 Å². The molecule has 2 aromatic heterocycles. The molecule has 1 aliphatic heterocycles. The van der Waals surface area contributed by atoms with Crippen LogP contribution in [0.15, 0.2) is 30.5 Å². The van der Waals surface area contributed by atoms with E-state index in [4.69, 9.17) is 17.3 Å². The first-order chi connectivity index (χ1) is 11.5. The van der Waals surface area contributed by atoms with Crippen molar-refractivity contribution in [2.45, 2.75) is 13.3 Å². The number of hydrogen-bond donors (Lipinski definition) is 1. The van der Waals surface area contributed by atoms with E-state index in [2.05, 4.69) is 9.97 Å². The molecule has 24 heavy (non-hydrogen) atoms. The minimum absolute atomic E-state index is 0.119. The Balaban J connectivity index is 1.92. The average Bonchev–Trinajstić information content (AvgIpc) is 2.96. The molecule has 1 fully saturated rings. The Morgan fingerprint density at radius 2 is 2.04 bits per heavy atom. The van der Waals surface area contributed by atoms with Gasteiger partial charge < -0.3 is 5.73 Å². The molecule has 8 heteroatoms. The molecule has 0 radical (unpaired) electrons. The molecule has 124 valence electrons. The van der Waals surface area contributed by atoms with E-state index in [-0.39, 0.29) is 11.7 Å². The van der Waals surface area contributed by atoms with Gasteiger partial charge >= 0.3 is 6.03 Å². The number of anilines is 2. The van der Waals surface area contributed by atoms with Gasteiger partial charge in [-0.15, -0.1) is 0 Å². The van der Waals surface area contributed by atoms with Crippen LogP contribution in [0.5, 0.6) is 0 Å². The van der Waals surface area contributed by atoms with Gasteiger partial charge in [0, 0.05) is 29.9 Å². The molecule has 1 saturated heterocycles. The van der Waals surface area contributed by atoms with Gasteiger partial charge in [0.15, 0.2) is 0 Å². The van der Waals surface area contributed by atoms with Crippen LogP contribution in [-0.2, 0) is 6.42 Å². The van der Waals surface area contributed by atoms with Crippen molar-refractivity contribution in [3.8, 4) is 0 Å². The summed E-state index contributed by atoms with van der Waals surface area (Å²) in [6, 6.07) is 6.28. The number of carbonyl (C=O) groups is 2. The average molecular weight is 346 g/mol. The minimum Gasteiger partial charge on any atom is -0.364 e. The zero-order valence-electron chi connectivity index (χ0n) is 13.1. The van der Waals surface area contributed by atoms with E-state index in [0.717, 1.165) is 5.56 Å². The molecule has 0 aromatic carbocycles. The Hall–Kier alpha value is -2.67. The Morgan fingerprint density at radius 1 is 1.29 bits per heavy atom. The van der Waals surface area contributed by atoms with E-state index in [9.17, 15) is 9.59 Å². The third kappa shape index (κ3) is 2.78. The number of aromatic nitrogens is 2. The lowest BCUT2D eigenvalue weighted by atomic mass is 10.2. The van der Waals surface area contributed by atoms with Crippen molar-refractivity contribution < 1.29 is 9.59 Å². The highest BCUT2D eigenvalue weighted by molar-refractivity contribution is 6.31. The summed E-state index contributed by atoms with van der Waals surface area (Å²) in [5.74, 6) is 0.313. The maximum absolute atomic E-state index is 12.8. The summed E-state index contributed by atoms with van der Waals surface area (Å²) in [6.07, 6.45) is 2.25. The zero-order valence-corrected chi connectivity index (χ0v) is 13.8. The van der Waals surface area contributed by atoms with Gasteiger partial charge in [-0.2, -0.15) is 0 Å². The second kappa shape index (κ2) is 6.45. The van der Waals surface area contributed by atoms with E-state index in [1.165, 1.54) is 11.0 Å². The molecule has 3 heterocycles. The Labute approximate surface area is 144 Å². The van der Waals surface area contributed by atoms with Gasteiger partial charge in [0.05, 0.1) is 0 Å². The molecule has 0 bridgehead atoms. The molecule has 3 amide bonds. The number of hydrogen-bond acceptors (Lipinski definition) is 4. The van der Waals surface area contributed by atoms with Crippen molar-refractivity contribution in [2.75, 3.05) is 22.9 Å². The topological polar surface area (TPSA) is 92.4 Å². The summed E-state index contributed by atoms with van der Waals surface area (Å²) >= 11 is 6.21. The third-order valence-electron chi connectivity index (χ3n) is 3.86. The largest absolute Gasteiger partial charge is 0.364 e. The second-order valence-electron chi connectivity index (χ2n) is 5.28. The van der Waals surface area contributed by atoms with Crippen LogP contribution in [0.2, 0.25) is 5.02 Å². The number of nitrogens with two attached hydrogens (primary N) is 1. The summed E-state index contributed by atoms with van der Waals surface area (Å²) in [6.45, 7) is 2.86. The summed E-state index contributed by atoms with van der Waals surface area (Å²) in [4.78, 5) is 35.6. The first-order valence-corrected chi connectivity index (χ1v) is 7.90. The summed E-state index contributed by atoms with van der Waals surface area (Å²) in [7, 11) is 0. The third-order valence-corrected chi connectivity index (χ3v) is 4.21. The normalized spacial score (nSPS) is 14.3. The fourth-order valence-electron chi connectivity index (χ4n) is 2.68. The van der Waals surface area contributed by atoms with Crippen LogP contribution in [0.25, 0.3) is 0 Å². The number of primary amides is 1. The first kappa shape index (κ1) is 16.2. The van der Waals surface area contributed by atoms with Crippen molar-refractivity contribution >= 4 is 35.2 Å². The first-order valence-electron chi connectivity index (χ1n) is 7.52. The van der Waals surface area contributed by atoms with Crippen molar-refractivity contribution in [1.82, 2.24) is 9.97 Å². The molecule has 2 N–H and O–H groups in total. The van der Waals surface area contributed by atoms with Gasteiger partial charge in [-0.25, -0.2) is 14.8 Å². The fourth-order valence-corrected chi connectivity index (χ4v) is 2.95. The minimum atomic E-state index is -0.634. The van der Waals surface area contributed by atoms with Crippen molar-refractivity contribution in [1.29, 1.82) is 0 Å². The van der Waals surface area contributed by atoms with Crippen LogP contribution in [0, 0.1) is 0 Å². The monoisotopic (exact) mass is 345 g/mol. The van der Waals surface area contributed by atoms with Crippen LogP contribution < -0.4 is 15.5 Å². The number of nitrogens with zero attached hydrogens (tertiary/aromatic N) is 4. The van der Waals surface area contributed by atoms with Crippen LogP contribution in [0.4, 0.5) is 16.4 Å². The maximum Gasteiger partial charge on any atom is 0.331 e. The summed E-state index contributed by atoms with van der Waals surface area (Å²) < 4.78 is 0. The zero-order chi connectivity index (χ0) is 17.3. The van der Waals surface area contributed by atoms with E-state index >= 15 is 0 Å². The van der Waals surface area contributed by atoms with Crippen LogP contribution in [0.3, 0.4) is 0 Å². The van der Waals surface area contributed by atoms with E-state index in [1.807, 2.05) is 6.92 Å². The lowest BCUT2D eigenvalue weighted by Gasteiger charge is -2.20. The van der Waals surface area contributed by atoms with Crippen LogP contribution in [-0.4, -0.2) is 35.0 Å². The maximum atomic E-state index is 12.8. The highest BCUT2D eigenvalue weighted by Gasteiger charge is 2.33. The number of urea groups is 1. The van der Waals surface area contributed by atoms with Crippen molar-refractivity contribution in [3.05, 3.63) is 46.7 Å². The number of halogens is 1. The second-order valence-corrected chi connectivity index (χ2v) is 5.69. The molecule has 2 aromatic rings. The van der Waals surface area contributed by atoms with Gasteiger partial charge in [0.2, 0.25) is 0 Å².